The average molecular weight is 327 g/mol. The van der Waals surface area contributed by atoms with Gasteiger partial charge in [-0.3, -0.25) is 0 Å². The summed E-state index contributed by atoms with van der Waals surface area (Å²) in [6.45, 7) is 0. The van der Waals surface area contributed by atoms with Gasteiger partial charge in [0.25, 0.3) is 0 Å². The SMILES string of the molecule is CN(C)C(=O)N1C2CCC1CC(C(N)[C-]=O)C2.[Y]. The second kappa shape index (κ2) is 6.44. The zero-order valence-electron chi connectivity index (χ0n) is 11.0. The Balaban J connectivity index is 0.00000162. The molecule has 6 heteroatoms. The Morgan fingerprint density at radius 3 is 2.22 bits per heavy atom. The van der Waals surface area contributed by atoms with E-state index in [0.717, 1.165) is 25.7 Å². The minimum atomic E-state index is -0.491. The molecule has 2 bridgehead atoms. The molecule has 0 aromatic carbocycles. The molecule has 3 atom stereocenters. The number of fused-ring (bicyclic) bond motifs is 2. The summed E-state index contributed by atoms with van der Waals surface area (Å²) >= 11 is 0. The van der Waals surface area contributed by atoms with Gasteiger partial charge in [0, 0.05) is 58.9 Å². The number of nitrogens with two attached hydrogens (primary N) is 1. The predicted octanol–water partition coefficient (Wildman–Crippen LogP) is 0.346. The first-order valence-electron chi connectivity index (χ1n) is 6.17. The van der Waals surface area contributed by atoms with Crippen LogP contribution >= 0.6 is 0 Å². The number of hydrogen-bond donors (Lipinski definition) is 1. The normalized spacial score (nSPS) is 31.5. The molecule has 0 saturated carbocycles. The van der Waals surface area contributed by atoms with Gasteiger partial charge in [0.1, 0.15) is 0 Å². The molecule has 2 aliphatic rings. The molecule has 18 heavy (non-hydrogen) atoms. The third-order valence-electron chi connectivity index (χ3n) is 4.02. The summed E-state index contributed by atoms with van der Waals surface area (Å²) < 4.78 is 0. The third-order valence-corrected chi connectivity index (χ3v) is 4.02. The molecule has 2 aliphatic heterocycles. The van der Waals surface area contributed by atoms with Gasteiger partial charge in [-0.05, 0) is 31.6 Å². The summed E-state index contributed by atoms with van der Waals surface area (Å²) in [6.07, 6.45) is 5.63. The van der Waals surface area contributed by atoms with Crippen LogP contribution in [0.25, 0.3) is 0 Å². The number of urea groups is 1. The Labute approximate surface area is 133 Å². The zero-order valence-corrected chi connectivity index (χ0v) is 13.8. The largest absolute Gasteiger partial charge is 0.540 e. The fourth-order valence-corrected chi connectivity index (χ4v) is 3.15. The van der Waals surface area contributed by atoms with E-state index in [4.69, 9.17) is 5.73 Å². The van der Waals surface area contributed by atoms with Gasteiger partial charge in [-0.25, -0.2) is 11.1 Å². The van der Waals surface area contributed by atoms with E-state index < -0.39 is 6.04 Å². The van der Waals surface area contributed by atoms with E-state index in [0.29, 0.717) is 0 Å². The minimum Gasteiger partial charge on any atom is -0.540 e. The summed E-state index contributed by atoms with van der Waals surface area (Å²) in [5, 5.41) is 0. The van der Waals surface area contributed by atoms with Gasteiger partial charge in [-0.1, -0.05) is 6.04 Å². The van der Waals surface area contributed by atoms with Crippen LogP contribution in [0.3, 0.4) is 0 Å². The third kappa shape index (κ3) is 2.94. The van der Waals surface area contributed by atoms with Crippen molar-refractivity contribution in [2.75, 3.05) is 14.1 Å². The van der Waals surface area contributed by atoms with Crippen LogP contribution in [0.5, 0.6) is 0 Å². The van der Waals surface area contributed by atoms with Crippen molar-refractivity contribution in [1.82, 2.24) is 9.80 Å². The monoisotopic (exact) mass is 327 g/mol. The molecular weight excluding hydrogens is 307 g/mol. The molecule has 2 N–H and O–H groups in total. The Kier molecular flexibility index (Phi) is 5.75. The van der Waals surface area contributed by atoms with Crippen LogP contribution in [0.15, 0.2) is 0 Å². The second-order valence-electron chi connectivity index (χ2n) is 5.34. The van der Waals surface area contributed by atoms with Gasteiger partial charge in [-0.15, -0.1) is 0 Å². The molecule has 5 nitrogen and oxygen atoms in total. The number of rotatable bonds is 2. The molecule has 0 aromatic rings. The number of carbonyl (C=O) groups is 1. The standard InChI is InChI=1S/C12H20N3O2.Y/c1-14(2)12(17)15-9-3-4-10(15)6-8(5-9)11(13)7-16;/h8-11H,3-6,13H2,1-2H3;/q-1;. The van der Waals surface area contributed by atoms with Gasteiger partial charge in [0.15, 0.2) is 0 Å². The van der Waals surface area contributed by atoms with Crippen LogP contribution in [0, 0.1) is 5.92 Å². The van der Waals surface area contributed by atoms with Crippen LogP contribution in [-0.4, -0.2) is 54.3 Å². The molecule has 3 unspecified atom stereocenters. The van der Waals surface area contributed by atoms with Crippen LogP contribution in [0.4, 0.5) is 4.79 Å². The van der Waals surface area contributed by atoms with Gasteiger partial charge < -0.3 is 20.3 Å². The first-order valence-corrected chi connectivity index (χ1v) is 6.17. The van der Waals surface area contributed by atoms with E-state index in [1.165, 1.54) is 0 Å². The maximum atomic E-state index is 12.0. The fourth-order valence-electron chi connectivity index (χ4n) is 3.15. The van der Waals surface area contributed by atoms with Gasteiger partial charge in [0.05, 0.1) is 0 Å². The minimum absolute atomic E-state index is 0. The van der Waals surface area contributed by atoms with Gasteiger partial charge in [-0.2, -0.15) is 0 Å². The van der Waals surface area contributed by atoms with Crippen molar-refractivity contribution < 1.29 is 42.3 Å². The summed E-state index contributed by atoms with van der Waals surface area (Å²) in [6, 6.07) is 0.107. The van der Waals surface area contributed by atoms with E-state index in [9.17, 15) is 9.59 Å². The molecule has 2 amide bonds. The zero-order chi connectivity index (χ0) is 12.6. The molecule has 0 aromatic heterocycles. The van der Waals surface area contributed by atoms with E-state index in [1.54, 1.807) is 19.0 Å². The molecule has 99 valence electrons. The Hall–Kier alpha value is 0.00390. The molecule has 1 radical (unpaired) electrons. The summed E-state index contributed by atoms with van der Waals surface area (Å²) in [5.41, 5.74) is 5.74. The van der Waals surface area contributed by atoms with E-state index in [2.05, 4.69) is 0 Å². The molecule has 2 saturated heterocycles. The molecule has 0 spiro atoms. The van der Waals surface area contributed by atoms with Crippen molar-refractivity contribution >= 4 is 12.3 Å². The number of nitrogens with zero attached hydrogens (tertiary/aromatic N) is 2. The number of piperidine rings is 1. The first kappa shape index (κ1) is 16.1. The van der Waals surface area contributed by atoms with Crippen molar-refractivity contribution in [1.29, 1.82) is 0 Å². The average Bonchev–Trinajstić information content (AvgIpc) is 2.57. The number of carbonyl (C=O) groups excluding carboxylic acids is 2. The maximum absolute atomic E-state index is 12.0. The Morgan fingerprint density at radius 1 is 1.33 bits per heavy atom. The Morgan fingerprint density at radius 2 is 1.83 bits per heavy atom. The molecular formula is C12H20N3O2Y-. The predicted molar refractivity (Wildman–Crippen MR) is 64.1 cm³/mol. The summed E-state index contributed by atoms with van der Waals surface area (Å²) in [5.74, 6) is 0.191. The van der Waals surface area contributed by atoms with E-state index in [-0.39, 0.29) is 56.7 Å². The van der Waals surface area contributed by atoms with Gasteiger partial charge >= 0.3 is 6.03 Å². The second-order valence-corrected chi connectivity index (χ2v) is 5.34. The van der Waals surface area contributed by atoms with Crippen LogP contribution < -0.4 is 5.73 Å². The Bertz CT molecular complexity index is 310. The van der Waals surface area contributed by atoms with Crippen molar-refractivity contribution in [3.8, 4) is 0 Å². The number of hydrogen-bond acceptors (Lipinski definition) is 3. The quantitative estimate of drug-likeness (QED) is 0.744. The fraction of sp³-hybridized carbons (Fsp3) is 0.833. The topological polar surface area (TPSA) is 66.6 Å². The first-order chi connectivity index (χ1) is 8.04. The van der Waals surface area contributed by atoms with Crippen LogP contribution in [0.1, 0.15) is 25.7 Å². The molecule has 2 rings (SSSR count). The summed E-state index contributed by atoms with van der Waals surface area (Å²) in [4.78, 5) is 26.3. The molecule has 2 fully saturated rings. The van der Waals surface area contributed by atoms with Crippen molar-refractivity contribution in [3.63, 3.8) is 0 Å². The molecule has 2 heterocycles. The van der Waals surface area contributed by atoms with Crippen LogP contribution in [0.2, 0.25) is 0 Å². The van der Waals surface area contributed by atoms with Gasteiger partial charge in [0.2, 0.25) is 0 Å². The maximum Gasteiger partial charge on any atom is 0.319 e. The van der Waals surface area contributed by atoms with Crippen LogP contribution in [-0.2, 0) is 37.5 Å². The summed E-state index contributed by atoms with van der Waals surface area (Å²) in [7, 11) is 3.55. The van der Waals surface area contributed by atoms with Crippen molar-refractivity contribution in [2.24, 2.45) is 11.7 Å². The number of amides is 2. The smallest absolute Gasteiger partial charge is 0.319 e. The van der Waals surface area contributed by atoms with Crippen molar-refractivity contribution in [3.05, 3.63) is 0 Å². The molecule has 0 aliphatic carbocycles. The van der Waals surface area contributed by atoms with Crippen molar-refractivity contribution in [2.45, 2.75) is 43.8 Å². The van der Waals surface area contributed by atoms with E-state index >= 15 is 0 Å². The van der Waals surface area contributed by atoms with E-state index in [1.807, 2.05) is 11.2 Å².